The zero-order valence-electron chi connectivity index (χ0n) is 18.9. The van der Waals surface area contributed by atoms with Crippen molar-refractivity contribution in [2.75, 3.05) is 39.2 Å². The lowest BCUT2D eigenvalue weighted by molar-refractivity contribution is 0.172. The Morgan fingerprint density at radius 3 is 2.65 bits per heavy atom. The van der Waals surface area contributed by atoms with E-state index < -0.39 is 10.8 Å². The van der Waals surface area contributed by atoms with E-state index in [1.165, 1.54) is 0 Å². The van der Waals surface area contributed by atoms with Gasteiger partial charge in [0.1, 0.15) is 5.75 Å². The number of nitrogens with one attached hydrogen (secondary N) is 2. The third-order valence-electron chi connectivity index (χ3n) is 4.52. The molecule has 170 valence electrons. The van der Waals surface area contributed by atoms with E-state index in [2.05, 4.69) is 29.7 Å². The van der Waals surface area contributed by atoms with Crippen molar-refractivity contribution in [2.24, 2.45) is 4.99 Å². The molecule has 0 saturated heterocycles. The van der Waals surface area contributed by atoms with Crippen molar-refractivity contribution in [2.45, 2.75) is 32.6 Å². The van der Waals surface area contributed by atoms with Gasteiger partial charge in [-0.15, -0.1) is 0 Å². The Morgan fingerprint density at radius 2 is 1.90 bits per heavy atom. The van der Waals surface area contributed by atoms with Gasteiger partial charge in [-0.05, 0) is 31.0 Å². The summed E-state index contributed by atoms with van der Waals surface area (Å²) in [4.78, 5) is 4.69. The SMILES string of the molecule is CCNC(=NCc1ccc(C)cc1OCCCOC)NCCS(=O)Cc1ccccc1. The van der Waals surface area contributed by atoms with Crippen molar-refractivity contribution < 1.29 is 13.7 Å². The molecule has 0 aliphatic rings. The molecule has 1 unspecified atom stereocenters. The first-order valence-electron chi connectivity index (χ1n) is 10.7. The minimum absolute atomic E-state index is 0.502. The zero-order valence-corrected chi connectivity index (χ0v) is 19.7. The van der Waals surface area contributed by atoms with E-state index in [-0.39, 0.29) is 0 Å². The van der Waals surface area contributed by atoms with Crippen molar-refractivity contribution >= 4 is 16.8 Å². The predicted octanol–water partition coefficient (Wildman–Crippen LogP) is 3.41. The van der Waals surface area contributed by atoms with Gasteiger partial charge in [0, 0.05) is 61.1 Å². The Morgan fingerprint density at radius 1 is 1.10 bits per heavy atom. The maximum atomic E-state index is 12.3. The van der Waals surface area contributed by atoms with Crippen LogP contribution in [0, 0.1) is 6.92 Å². The van der Waals surface area contributed by atoms with E-state index >= 15 is 0 Å². The van der Waals surface area contributed by atoms with E-state index in [9.17, 15) is 4.21 Å². The lowest BCUT2D eigenvalue weighted by atomic mass is 10.1. The van der Waals surface area contributed by atoms with Crippen molar-refractivity contribution in [1.82, 2.24) is 10.6 Å². The van der Waals surface area contributed by atoms with Gasteiger partial charge in [0.15, 0.2) is 5.96 Å². The number of rotatable bonds is 13. The Kier molecular flexibility index (Phi) is 11.7. The minimum atomic E-state index is -0.919. The minimum Gasteiger partial charge on any atom is -0.493 e. The van der Waals surface area contributed by atoms with Crippen LogP contribution in [0.1, 0.15) is 30.0 Å². The van der Waals surface area contributed by atoms with Crippen LogP contribution < -0.4 is 15.4 Å². The van der Waals surface area contributed by atoms with Crippen LogP contribution in [0.3, 0.4) is 0 Å². The molecule has 6 nitrogen and oxygen atoms in total. The predicted molar refractivity (Wildman–Crippen MR) is 129 cm³/mol. The van der Waals surface area contributed by atoms with Crippen LogP contribution in [-0.2, 0) is 27.8 Å². The molecular weight excluding hydrogens is 410 g/mol. The van der Waals surface area contributed by atoms with Crippen LogP contribution in [0.25, 0.3) is 0 Å². The van der Waals surface area contributed by atoms with Gasteiger partial charge in [-0.3, -0.25) is 4.21 Å². The molecular formula is C24H35N3O3S. The molecule has 0 amide bonds. The average Bonchev–Trinajstić information content (AvgIpc) is 2.76. The number of guanidine groups is 1. The van der Waals surface area contributed by atoms with Gasteiger partial charge in [-0.2, -0.15) is 0 Å². The molecule has 0 aliphatic carbocycles. The Balaban J connectivity index is 1.89. The molecule has 2 aromatic carbocycles. The van der Waals surface area contributed by atoms with Crippen LogP contribution in [0.2, 0.25) is 0 Å². The highest BCUT2D eigenvalue weighted by molar-refractivity contribution is 7.84. The highest BCUT2D eigenvalue weighted by Crippen LogP contribution is 2.21. The summed E-state index contributed by atoms with van der Waals surface area (Å²) in [7, 11) is 0.775. The lowest BCUT2D eigenvalue weighted by Gasteiger charge is -2.14. The Hall–Kier alpha value is -2.38. The molecule has 0 bridgehead atoms. The van der Waals surface area contributed by atoms with Crippen LogP contribution >= 0.6 is 0 Å². The second kappa shape index (κ2) is 14.6. The van der Waals surface area contributed by atoms with E-state index in [1.54, 1.807) is 7.11 Å². The van der Waals surface area contributed by atoms with Crippen LogP contribution in [0.5, 0.6) is 5.75 Å². The van der Waals surface area contributed by atoms with Gasteiger partial charge in [0.05, 0.1) is 13.2 Å². The zero-order chi connectivity index (χ0) is 22.3. The molecule has 0 spiro atoms. The molecule has 1 atom stereocenters. The number of aliphatic imine (C=N–C) groups is 1. The third-order valence-corrected chi connectivity index (χ3v) is 5.83. The summed E-state index contributed by atoms with van der Waals surface area (Å²) >= 11 is 0. The first-order chi connectivity index (χ1) is 15.1. The number of hydrogen-bond acceptors (Lipinski definition) is 4. The van der Waals surface area contributed by atoms with E-state index in [4.69, 9.17) is 14.5 Å². The summed E-state index contributed by atoms with van der Waals surface area (Å²) in [5, 5.41) is 6.54. The standard InChI is InChI=1S/C24H35N3O3S/c1-4-25-24(26-13-16-31(28)19-21-9-6-5-7-10-21)27-18-22-12-11-20(2)17-23(22)30-15-8-14-29-3/h5-7,9-12,17H,4,8,13-16,18-19H2,1-3H3,(H2,25,26,27). The van der Waals surface area contributed by atoms with Gasteiger partial charge < -0.3 is 20.1 Å². The molecule has 0 aromatic heterocycles. The molecule has 2 N–H and O–H groups in total. The fourth-order valence-electron chi connectivity index (χ4n) is 2.93. The summed E-state index contributed by atoms with van der Waals surface area (Å²) in [5.41, 5.74) is 3.28. The molecule has 2 aromatic rings. The fourth-order valence-corrected chi connectivity index (χ4v) is 3.97. The molecule has 31 heavy (non-hydrogen) atoms. The highest BCUT2D eigenvalue weighted by atomic mass is 32.2. The number of benzene rings is 2. The maximum Gasteiger partial charge on any atom is 0.191 e. The van der Waals surface area contributed by atoms with Crippen molar-refractivity contribution in [3.63, 3.8) is 0 Å². The summed E-state index contributed by atoms with van der Waals surface area (Å²) in [5.74, 6) is 2.71. The normalized spacial score (nSPS) is 12.4. The first-order valence-corrected chi connectivity index (χ1v) is 12.2. The van der Waals surface area contributed by atoms with E-state index in [0.717, 1.165) is 35.4 Å². The molecule has 7 heteroatoms. The molecule has 0 radical (unpaired) electrons. The summed E-state index contributed by atoms with van der Waals surface area (Å²) in [6.07, 6.45) is 0.845. The molecule has 0 aliphatic heterocycles. The fraction of sp³-hybridized carbons (Fsp3) is 0.458. The number of hydrogen-bond donors (Lipinski definition) is 2. The number of ether oxygens (including phenoxy) is 2. The quantitative estimate of drug-likeness (QED) is 0.281. The second-order valence-corrected chi connectivity index (χ2v) is 8.78. The summed E-state index contributed by atoms with van der Waals surface area (Å²) in [6, 6.07) is 16.1. The molecule has 0 heterocycles. The van der Waals surface area contributed by atoms with Gasteiger partial charge in [-0.25, -0.2) is 4.99 Å². The van der Waals surface area contributed by atoms with Gasteiger partial charge in [0.25, 0.3) is 0 Å². The molecule has 2 rings (SSSR count). The van der Waals surface area contributed by atoms with Gasteiger partial charge in [-0.1, -0.05) is 42.5 Å². The highest BCUT2D eigenvalue weighted by Gasteiger charge is 2.06. The molecule has 0 saturated carbocycles. The van der Waals surface area contributed by atoms with E-state index in [0.29, 0.717) is 43.8 Å². The van der Waals surface area contributed by atoms with Crippen LogP contribution in [0.4, 0.5) is 0 Å². The van der Waals surface area contributed by atoms with Crippen molar-refractivity contribution in [3.8, 4) is 5.75 Å². The van der Waals surface area contributed by atoms with Crippen LogP contribution in [0.15, 0.2) is 53.5 Å². The average molecular weight is 446 g/mol. The largest absolute Gasteiger partial charge is 0.493 e. The summed E-state index contributed by atoms with van der Waals surface area (Å²) in [6.45, 7) is 7.23. The third kappa shape index (κ3) is 9.98. The summed E-state index contributed by atoms with van der Waals surface area (Å²) < 4.78 is 23.4. The monoisotopic (exact) mass is 445 g/mol. The maximum absolute atomic E-state index is 12.3. The molecule has 0 fully saturated rings. The van der Waals surface area contributed by atoms with E-state index in [1.807, 2.05) is 43.3 Å². The van der Waals surface area contributed by atoms with Crippen molar-refractivity contribution in [1.29, 1.82) is 0 Å². The Bertz CT molecular complexity index is 828. The van der Waals surface area contributed by atoms with Gasteiger partial charge >= 0.3 is 0 Å². The first kappa shape index (κ1) is 24.9. The number of nitrogens with zero attached hydrogens (tertiary/aromatic N) is 1. The second-order valence-electron chi connectivity index (χ2n) is 7.20. The number of methoxy groups -OCH3 is 1. The topological polar surface area (TPSA) is 72.0 Å². The number of aryl methyl sites for hydroxylation is 1. The lowest BCUT2D eigenvalue weighted by Crippen LogP contribution is -2.39. The van der Waals surface area contributed by atoms with Crippen molar-refractivity contribution in [3.05, 3.63) is 65.2 Å². The Labute approximate surface area is 188 Å². The van der Waals surface area contributed by atoms with Crippen LogP contribution in [-0.4, -0.2) is 49.3 Å². The van der Waals surface area contributed by atoms with Gasteiger partial charge in [0.2, 0.25) is 0 Å². The smallest absolute Gasteiger partial charge is 0.191 e.